The number of nitrogens with one attached hydrogen (secondary N) is 1. The van der Waals surface area contributed by atoms with E-state index in [4.69, 9.17) is 0 Å². The molecule has 1 saturated carbocycles. The molecule has 2 aliphatic rings. The van der Waals surface area contributed by atoms with E-state index in [0.29, 0.717) is 6.04 Å². The molecule has 1 radical (unpaired) electrons. The summed E-state index contributed by atoms with van der Waals surface area (Å²) in [5.41, 5.74) is 0. The van der Waals surface area contributed by atoms with Gasteiger partial charge in [-0.3, -0.25) is 0 Å². The van der Waals surface area contributed by atoms with Crippen LogP contribution in [-0.2, 0) is 0 Å². The number of hydrogen-bond acceptors (Lipinski definition) is 1. The van der Waals surface area contributed by atoms with Crippen LogP contribution in [0.5, 0.6) is 0 Å². The van der Waals surface area contributed by atoms with E-state index in [9.17, 15) is 0 Å². The predicted molar refractivity (Wildman–Crippen MR) is 51.5 cm³/mol. The van der Waals surface area contributed by atoms with E-state index < -0.39 is 0 Å². The van der Waals surface area contributed by atoms with Crippen LogP contribution < -0.4 is 5.32 Å². The van der Waals surface area contributed by atoms with Gasteiger partial charge in [0.15, 0.2) is 0 Å². The van der Waals surface area contributed by atoms with Crippen molar-refractivity contribution in [3.63, 3.8) is 0 Å². The molecule has 1 heteroatoms. The SMILES string of the molecule is C1=CNC([C]2CCCCC2)C=C1. The lowest BCUT2D eigenvalue weighted by Gasteiger charge is -2.28. The highest BCUT2D eigenvalue weighted by Gasteiger charge is 2.21. The Balaban J connectivity index is 1.90. The third-order valence-electron chi connectivity index (χ3n) is 2.72. The minimum absolute atomic E-state index is 0.537. The van der Waals surface area contributed by atoms with Crippen molar-refractivity contribution in [2.75, 3.05) is 0 Å². The fourth-order valence-electron chi connectivity index (χ4n) is 2.02. The molecule has 1 unspecified atom stereocenters. The fraction of sp³-hybridized carbons (Fsp3) is 0.545. The van der Waals surface area contributed by atoms with Gasteiger partial charge in [0.1, 0.15) is 0 Å². The maximum atomic E-state index is 3.38. The first-order valence-corrected chi connectivity index (χ1v) is 4.91. The van der Waals surface area contributed by atoms with E-state index >= 15 is 0 Å². The fourth-order valence-corrected chi connectivity index (χ4v) is 2.02. The molecule has 0 aromatic rings. The van der Waals surface area contributed by atoms with Gasteiger partial charge in [-0.1, -0.05) is 31.4 Å². The van der Waals surface area contributed by atoms with Crippen LogP contribution in [0.15, 0.2) is 24.4 Å². The van der Waals surface area contributed by atoms with E-state index in [1.165, 1.54) is 32.1 Å². The standard InChI is InChI=1S/C11H16N/c1-2-6-10(7-3-1)11-8-4-5-9-12-11/h4-5,8-9,11-12H,1-3,6-7H2. The van der Waals surface area contributed by atoms with Crippen molar-refractivity contribution >= 4 is 0 Å². The summed E-state index contributed by atoms with van der Waals surface area (Å²) in [5, 5.41) is 3.38. The maximum Gasteiger partial charge on any atom is 0.0504 e. The van der Waals surface area contributed by atoms with E-state index in [-0.39, 0.29) is 0 Å². The summed E-state index contributed by atoms with van der Waals surface area (Å²) >= 11 is 0. The van der Waals surface area contributed by atoms with Crippen molar-refractivity contribution in [3.8, 4) is 0 Å². The molecule has 0 spiro atoms. The molecular weight excluding hydrogens is 146 g/mol. The molecule has 0 bridgehead atoms. The summed E-state index contributed by atoms with van der Waals surface area (Å²) in [5.74, 6) is 1.70. The van der Waals surface area contributed by atoms with Gasteiger partial charge in [0.05, 0.1) is 6.04 Å². The van der Waals surface area contributed by atoms with Gasteiger partial charge in [-0.2, -0.15) is 0 Å². The summed E-state index contributed by atoms with van der Waals surface area (Å²) in [6.07, 6.45) is 15.4. The van der Waals surface area contributed by atoms with Gasteiger partial charge in [0.25, 0.3) is 0 Å². The Morgan fingerprint density at radius 1 is 1.08 bits per heavy atom. The van der Waals surface area contributed by atoms with Crippen LogP contribution in [0.1, 0.15) is 32.1 Å². The highest BCUT2D eigenvalue weighted by atomic mass is 14.9. The Morgan fingerprint density at radius 2 is 1.92 bits per heavy atom. The second-order valence-electron chi connectivity index (χ2n) is 3.61. The first kappa shape index (κ1) is 7.90. The molecule has 2 rings (SSSR count). The van der Waals surface area contributed by atoms with Gasteiger partial charge in [-0.05, 0) is 25.1 Å². The molecule has 0 aromatic carbocycles. The Morgan fingerprint density at radius 3 is 2.58 bits per heavy atom. The Bertz CT molecular complexity index is 187. The molecular formula is C11H16N. The second kappa shape index (κ2) is 3.79. The molecule has 0 amide bonds. The zero-order chi connectivity index (χ0) is 8.23. The number of rotatable bonds is 1. The minimum atomic E-state index is 0.537. The van der Waals surface area contributed by atoms with E-state index in [2.05, 4.69) is 23.5 Å². The van der Waals surface area contributed by atoms with Crippen LogP contribution in [-0.4, -0.2) is 6.04 Å². The summed E-state index contributed by atoms with van der Waals surface area (Å²) in [7, 11) is 0. The summed E-state index contributed by atoms with van der Waals surface area (Å²) in [6.45, 7) is 0. The largest absolute Gasteiger partial charge is 0.384 e. The Kier molecular flexibility index (Phi) is 2.50. The van der Waals surface area contributed by atoms with Crippen LogP contribution >= 0.6 is 0 Å². The van der Waals surface area contributed by atoms with Crippen molar-refractivity contribution in [2.24, 2.45) is 0 Å². The summed E-state index contributed by atoms with van der Waals surface area (Å²) in [6, 6.07) is 0.537. The lowest BCUT2D eigenvalue weighted by atomic mass is 9.83. The van der Waals surface area contributed by atoms with Gasteiger partial charge in [0, 0.05) is 5.92 Å². The minimum Gasteiger partial charge on any atom is -0.384 e. The van der Waals surface area contributed by atoms with Crippen molar-refractivity contribution in [2.45, 2.75) is 38.1 Å². The first-order chi connectivity index (χ1) is 5.97. The molecule has 1 heterocycles. The van der Waals surface area contributed by atoms with E-state index in [0.717, 1.165) is 0 Å². The zero-order valence-electron chi connectivity index (χ0n) is 7.42. The smallest absolute Gasteiger partial charge is 0.0504 e. The van der Waals surface area contributed by atoms with Gasteiger partial charge >= 0.3 is 0 Å². The molecule has 1 N–H and O–H groups in total. The van der Waals surface area contributed by atoms with Crippen molar-refractivity contribution in [1.82, 2.24) is 5.32 Å². The molecule has 12 heavy (non-hydrogen) atoms. The molecule has 1 nitrogen and oxygen atoms in total. The third kappa shape index (κ3) is 1.71. The van der Waals surface area contributed by atoms with Crippen molar-refractivity contribution in [1.29, 1.82) is 0 Å². The Labute approximate surface area is 74.5 Å². The molecule has 1 aliphatic carbocycles. The molecule has 1 fully saturated rings. The van der Waals surface area contributed by atoms with Crippen LogP contribution in [0.25, 0.3) is 0 Å². The lowest BCUT2D eigenvalue weighted by molar-refractivity contribution is 0.480. The molecule has 0 aromatic heterocycles. The summed E-state index contributed by atoms with van der Waals surface area (Å²) < 4.78 is 0. The van der Waals surface area contributed by atoms with Gasteiger partial charge < -0.3 is 5.32 Å². The van der Waals surface area contributed by atoms with Gasteiger partial charge in [-0.15, -0.1) is 0 Å². The normalized spacial score (nSPS) is 30.2. The van der Waals surface area contributed by atoms with Crippen LogP contribution in [0, 0.1) is 5.92 Å². The average Bonchev–Trinajstić information content (AvgIpc) is 2.21. The highest BCUT2D eigenvalue weighted by molar-refractivity contribution is 5.21. The number of allylic oxidation sites excluding steroid dienone is 2. The number of dihydropyridines is 1. The van der Waals surface area contributed by atoms with Crippen LogP contribution in [0.3, 0.4) is 0 Å². The topological polar surface area (TPSA) is 12.0 Å². The van der Waals surface area contributed by atoms with E-state index in [1.807, 2.05) is 6.20 Å². The van der Waals surface area contributed by atoms with Crippen molar-refractivity contribution < 1.29 is 0 Å². The molecule has 65 valence electrons. The second-order valence-corrected chi connectivity index (χ2v) is 3.61. The maximum absolute atomic E-state index is 3.38. The average molecular weight is 162 g/mol. The quantitative estimate of drug-likeness (QED) is 0.625. The zero-order valence-corrected chi connectivity index (χ0v) is 7.42. The first-order valence-electron chi connectivity index (χ1n) is 4.91. The van der Waals surface area contributed by atoms with Crippen molar-refractivity contribution in [3.05, 3.63) is 30.3 Å². The lowest BCUT2D eigenvalue weighted by Crippen LogP contribution is -2.31. The van der Waals surface area contributed by atoms with Crippen LogP contribution in [0.4, 0.5) is 0 Å². The summed E-state index contributed by atoms with van der Waals surface area (Å²) in [4.78, 5) is 0. The molecule has 1 aliphatic heterocycles. The molecule has 0 saturated heterocycles. The van der Waals surface area contributed by atoms with E-state index in [1.54, 1.807) is 5.92 Å². The highest BCUT2D eigenvalue weighted by Crippen LogP contribution is 2.29. The third-order valence-corrected chi connectivity index (χ3v) is 2.72. The van der Waals surface area contributed by atoms with Gasteiger partial charge in [-0.25, -0.2) is 0 Å². The number of hydrogen-bond donors (Lipinski definition) is 1. The van der Waals surface area contributed by atoms with Gasteiger partial charge in [0.2, 0.25) is 0 Å². The monoisotopic (exact) mass is 162 g/mol. The Hall–Kier alpha value is -0.720. The molecule has 1 atom stereocenters. The predicted octanol–water partition coefficient (Wildman–Crippen LogP) is 2.57. The van der Waals surface area contributed by atoms with Crippen LogP contribution in [0.2, 0.25) is 0 Å².